The summed E-state index contributed by atoms with van der Waals surface area (Å²) in [6.07, 6.45) is 0.199. The van der Waals surface area contributed by atoms with Crippen molar-refractivity contribution in [2.45, 2.75) is 33.9 Å². The van der Waals surface area contributed by atoms with E-state index in [0.717, 1.165) is 26.2 Å². The summed E-state index contributed by atoms with van der Waals surface area (Å²) in [6, 6.07) is 0. The van der Waals surface area contributed by atoms with Crippen LogP contribution in [0.5, 0.6) is 0 Å². The highest BCUT2D eigenvalue weighted by Gasteiger charge is 2.19. The first-order chi connectivity index (χ1) is 6.24. The lowest BCUT2D eigenvalue weighted by Gasteiger charge is -2.36. The van der Waals surface area contributed by atoms with Crippen LogP contribution >= 0.6 is 0 Å². The lowest BCUT2D eigenvalue weighted by Crippen LogP contribution is -2.50. The fourth-order valence-corrected chi connectivity index (χ4v) is 1.75. The monoisotopic (exact) mass is 188 g/mol. The number of hydrogen-bond acceptors (Lipinski definition) is 3. The zero-order chi connectivity index (χ0) is 10.3. The fourth-order valence-electron chi connectivity index (χ4n) is 1.75. The summed E-state index contributed by atoms with van der Waals surface area (Å²) in [6.45, 7) is 12.8. The van der Waals surface area contributed by atoms with Gasteiger partial charge in [0, 0.05) is 0 Å². The number of hydrogen-bond donors (Lipinski definition) is 1. The van der Waals surface area contributed by atoms with Gasteiger partial charge in [-0.3, -0.25) is 9.80 Å². The lowest BCUT2D eigenvalue weighted by atomic mass is 10.3. The molecule has 13 heavy (non-hydrogen) atoms. The summed E-state index contributed by atoms with van der Waals surface area (Å²) in [5.41, 5.74) is 0. The van der Waals surface area contributed by atoms with Crippen LogP contribution in [0.25, 0.3) is 0 Å². The highest BCUT2D eigenvalue weighted by molar-refractivity contribution is 4.69. The molecule has 0 aliphatic carbocycles. The molecule has 0 rings (SSSR count). The first kappa shape index (κ1) is 12.9. The van der Waals surface area contributed by atoms with E-state index in [-0.39, 0.29) is 12.8 Å². The van der Waals surface area contributed by atoms with Gasteiger partial charge in [-0.25, -0.2) is 0 Å². The SMILES string of the molecule is CCN(CC)C(CO)N(CC)CC. The minimum atomic E-state index is 0.199. The molecule has 0 aliphatic rings. The molecule has 3 heteroatoms. The molecule has 1 N–H and O–H groups in total. The molecule has 0 radical (unpaired) electrons. The average molecular weight is 188 g/mol. The first-order valence-corrected chi connectivity index (χ1v) is 5.33. The molecule has 80 valence electrons. The summed E-state index contributed by atoms with van der Waals surface area (Å²) < 4.78 is 0. The quantitative estimate of drug-likeness (QED) is 0.604. The van der Waals surface area contributed by atoms with Crippen LogP contribution in [0.2, 0.25) is 0 Å². The number of aliphatic hydroxyl groups excluding tert-OH is 1. The van der Waals surface area contributed by atoms with Crippen LogP contribution in [0.1, 0.15) is 27.7 Å². The van der Waals surface area contributed by atoms with E-state index in [4.69, 9.17) is 0 Å². The third-order valence-electron chi connectivity index (χ3n) is 2.63. The van der Waals surface area contributed by atoms with Crippen LogP contribution < -0.4 is 0 Å². The Bertz CT molecular complexity index is 99.5. The van der Waals surface area contributed by atoms with Crippen LogP contribution in [-0.4, -0.2) is 53.9 Å². The van der Waals surface area contributed by atoms with Gasteiger partial charge in [0.05, 0.1) is 12.8 Å². The van der Waals surface area contributed by atoms with E-state index in [1.165, 1.54) is 0 Å². The molecular formula is C10H24N2O. The second-order valence-electron chi connectivity index (χ2n) is 3.11. The van der Waals surface area contributed by atoms with Gasteiger partial charge in [0.2, 0.25) is 0 Å². The Morgan fingerprint density at radius 3 is 1.31 bits per heavy atom. The van der Waals surface area contributed by atoms with Crippen molar-refractivity contribution in [1.82, 2.24) is 9.80 Å². The van der Waals surface area contributed by atoms with Crippen molar-refractivity contribution in [3.8, 4) is 0 Å². The van der Waals surface area contributed by atoms with E-state index in [9.17, 15) is 5.11 Å². The van der Waals surface area contributed by atoms with E-state index in [0.29, 0.717) is 0 Å². The zero-order valence-electron chi connectivity index (χ0n) is 9.45. The Kier molecular flexibility index (Phi) is 7.23. The highest BCUT2D eigenvalue weighted by atomic mass is 16.3. The largest absolute Gasteiger partial charge is 0.393 e. The number of rotatable bonds is 7. The molecule has 0 heterocycles. The summed E-state index contributed by atoms with van der Waals surface area (Å²) in [7, 11) is 0. The van der Waals surface area contributed by atoms with Crippen molar-refractivity contribution in [3.05, 3.63) is 0 Å². The van der Waals surface area contributed by atoms with Gasteiger partial charge in [0.15, 0.2) is 0 Å². The van der Waals surface area contributed by atoms with Crippen molar-refractivity contribution < 1.29 is 5.11 Å². The molecule has 0 aromatic rings. The number of nitrogens with zero attached hydrogens (tertiary/aromatic N) is 2. The van der Waals surface area contributed by atoms with Crippen LogP contribution in [0.4, 0.5) is 0 Å². The van der Waals surface area contributed by atoms with Crippen LogP contribution in [0.3, 0.4) is 0 Å². The molecule has 0 aliphatic heterocycles. The van der Waals surface area contributed by atoms with E-state index >= 15 is 0 Å². The molecule has 0 fully saturated rings. The topological polar surface area (TPSA) is 26.7 Å². The smallest absolute Gasteiger partial charge is 0.0860 e. The van der Waals surface area contributed by atoms with Crippen LogP contribution in [0, 0.1) is 0 Å². The van der Waals surface area contributed by atoms with Crippen molar-refractivity contribution in [3.63, 3.8) is 0 Å². The van der Waals surface area contributed by atoms with Gasteiger partial charge in [-0.2, -0.15) is 0 Å². The normalized spacial score (nSPS) is 12.0. The molecule has 0 amide bonds. The minimum Gasteiger partial charge on any atom is -0.393 e. The lowest BCUT2D eigenvalue weighted by molar-refractivity contribution is 0.0129. The van der Waals surface area contributed by atoms with Gasteiger partial charge >= 0.3 is 0 Å². The Labute approximate surface area is 82.3 Å². The summed E-state index contributed by atoms with van der Waals surface area (Å²) in [4.78, 5) is 4.57. The molecule has 0 aromatic carbocycles. The molecule has 0 spiro atoms. The predicted octanol–water partition coefficient (Wildman–Crippen LogP) is 0.988. The van der Waals surface area contributed by atoms with E-state index in [2.05, 4.69) is 37.5 Å². The van der Waals surface area contributed by atoms with Gasteiger partial charge in [-0.15, -0.1) is 0 Å². The van der Waals surface area contributed by atoms with Crippen LogP contribution in [0.15, 0.2) is 0 Å². The molecule has 0 aromatic heterocycles. The Morgan fingerprint density at radius 2 is 1.15 bits per heavy atom. The summed E-state index contributed by atoms with van der Waals surface area (Å²) in [5.74, 6) is 0. The van der Waals surface area contributed by atoms with Crippen molar-refractivity contribution in [2.75, 3.05) is 32.8 Å². The second-order valence-corrected chi connectivity index (χ2v) is 3.11. The number of likely N-dealkylation sites (N-methyl/N-ethyl adjacent to an activating group) is 2. The Balaban J connectivity index is 4.26. The molecular weight excluding hydrogens is 164 g/mol. The molecule has 0 bridgehead atoms. The summed E-state index contributed by atoms with van der Waals surface area (Å²) in [5, 5.41) is 9.31. The van der Waals surface area contributed by atoms with Gasteiger partial charge in [0.1, 0.15) is 0 Å². The molecule has 0 saturated carbocycles. The molecule has 0 saturated heterocycles. The Morgan fingerprint density at radius 1 is 0.846 bits per heavy atom. The van der Waals surface area contributed by atoms with E-state index < -0.39 is 0 Å². The van der Waals surface area contributed by atoms with Gasteiger partial charge in [0.25, 0.3) is 0 Å². The van der Waals surface area contributed by atoms with E-state index in [1.807, 2.05) is 0 Å². The second kappa shape index (κ2) is 7.30. The highest BCUT2D eigenvalue weighted by Crippen LogP contribution is 2.04. The van der Waals surface area contributed by atoms with Crippen LogP contribution in [-0.2, 0) is 0 Å². The Hall–Kier alpha value is -0.120. The maximum atomic E-state index is 9.31. The van der Waals surface area contributed by atoms with Crippen molar-refractivity contribution >= 4 is 0 Å². The summed E-state index contributed by atoms with van der Waals surface area (Å²) >= 11 is 0. The zero-order valence-corrected chi connectivity index (χ0v) is 9.45. The predicted molar refractivity (Wildman–Crippen MR) is 56.7 cm³/mol. The number of aliphatic hydroxyl groups is 1. The van der Waals surface area contributed by atoms with Gasteiger partial charge < -0.3 is 5.11 Å². The van der Waals surface area contributed by atoms with Crippen molar-refractivity contribution in [1.29, 1.82) is 0 Å². The fraction of sp³-hybridized carbons (Fsp3) is 1.00. The first-order valence-electron chi connectivity index (χ1n) is 5.33. The maximum Gasteiger partial charge on any atom is 0.0860 e. The molecule has 0 unspecified atom stereocenters. The van der Waals surface area contributed by atoms with Crippen molar-refractivity contribution in [2.24, 2.45) is 0 Å². The third kappa shape index (κ3) is 3.63. The molecule has 3 nitrogen and oxygen atoms in total. The van der Waals surface area contributed by atoms with Gasteiger partial charge in [-0.1, -0.05) is 27.7 Å². The van der Waals surface area contributed by atoms with Gasteiger partial charge in [-0.05, 0) is 26.2 Å². The third-order valence-corrected chi connectivity index (χ3v) is 2.63. The standard InChI is InChI=1S/C10H24N2O/c1-5-11(6-2)10(9-13)12(7-3)8-4/h10,13H,5-9H2,1-4H3. The molecule has 0 atom stereocenters. The van der Waals surface area contributed by atoms with E-state index in [1.54, 1.807) is 0 Å². The minimum absolute atomic E-state index is 0.199. The average Bonchev–Trinajstić information content (AvgIpc) is 2.18. The maximum absolute atomic E-state index is 9.31.